The Balaban J connectivity index is 2.86. The van der Waals surface area contributed by atoms with Gasteiger partial charge in [-0.25, -0.2) is 21.9 Å². The Morgan fingerprint density at radius 3 is 2.53 bits per heavy atom. The van der Waals surface area contributed by atoms with Crippen LogP contribution in [0, 0.1) is 11.6 Å². The molecular formula is C10H14F2N2O2S. The maximum Gasteiger partial charge on any atom is 0.240 e. The van der Waals surface area contributed by atoms with Gasteiger partial charge in [0.15, 0.2) is 11.6 Å². The van der Waals surface area contributed by atoms with E-state index in [-0.39, 0.29) is 17.5 Å². The van der Waals surface area contributed by atoms with Crippen LogP contribution in [-0.4, -0.2) is 21.0 Å². The molecule has 3 N–H and O–H groups in total. The maximum atomic E-state index is 12.9. The average molecular weight is 264 g/mol. The minimum Gasteiger partial charge on any atom is -0.327 e. The molecule has 1 aromatic rings. The van der Waals surface area contributed by atoms with Crippen LogP contribution in [0.4, 0.5) is 8.78 Å². The summed E-state index contributed by atoms with van der Waals surface area (Å²) in [5.74, 6) is -2.29. The number of nitrogens with two attached hydrogens (primary N) is 1. The minimum atomic E-state index is -3.84. The van der Waals surface area contributed by atoms with Crippen molar-refractivity contribution < 1.29 is 17.2 Å². The van der Waals surface area contributed by atoms with E-state index in [0.29, 0.717) is 12.5 Å². The number of sulfonamides is 1. The van der Waals surface area contributed by atoms with Crippen LogP contribution >= 0.6 is 0 Å². The van der Waals surface area contributed by atoms with Gasteiger partial charge in [-0.3, -0.25) is 0 Å². The monoisotopic (exact) mass is 264 g/mol. The van der Waals surface area contributed by atoms with Gasteiger partial charge in [-0.2, -0.15) is 0 Å². The van der Waals surface area contributed by atoms with Crippen molar-refractivity contribution in [2.24, 2.45) is 5.73 Å². The van der Waals surface area contributed by atoms with E-state index in [2.05, 4.69) is 4.72 Å². The third-order valence-electron chi connectivity index (χ3n) is 2.26. The highest BCUT2D eigenvalue weighted by atomic mass is 32.2. The van der Waals surface area contributed by atoms with Crippen LogP contribution in [0.5, 0.6) is 0 Å². The minimum absolute atomic E-state index is 0.0534. The second-order valence-electron chi connectivity index (χ2n) is 3.60. The van der Waals surface area contributed by atoms with E-state index in [9.17, 15) is 17.2 Å². The number of hydrogen-bond acceptors (Lipinski definition) is 3. The highest BCUT2D eigenvalue weighted by Crippen LogP contribution is 2.13. The lowest BCUT2D eigenvalue weighted by Gasteiger charge is -2.11. The topological polar surface area (TPSA) is 72.2 Å². The molecule has 7 heteroatoms. The molecule has 0 fully saturated rings. The fourth-order valence-electron chi connectivity index (χ4n) is 1.09. The summed E-state index contributed by atoms with van der Waals surface area (Å²) in [6, 6.07) is 2.09. The van der Waals surface area contributed by atoms with E-state index in [4.69, 9.17) is 5.73 Å². The summed E-state index contributed by atoms with van der Waals surface area (Å²) in [5, 5.41) is 0. The molecular weight excluding hydrogens is 250 g/mol. The van der Waals surface area contributed by atoms with Crippen molar-refractivity contribution in [1.29, 1.82) is 0 Å². The second kappa shape index (κ2) is 5.52. The SMILES string of the molecule is CCC(N)CNS(=O)(=O)c1ccc(F)c(F)c1. The van der Waals surface area contributed by atoms with Gasteiger partial charge in [0.05, 0.1) is 4.90 Å². The summed E-state index contributed by atoms with van der Waals surface area (Å²) in [4.78, 5) is -0.320. The summed E-state index contributed by atoms with van der Waals surface area (Å²) < 4.78 is 51.1. The Hall–Kier alpha value is -1.05. The molecule has 0 aliphatic rings. The van der Waals surface area contributed by atoms with Crippen LogP contribution in [-0.2, 0) is 10.0 Å². The molecule has 0 bridgehead atoms. The zero-order valence-corrected chi connectivity index (χ0v) is 10.1. The van der Waals surface area contributed by atoms with Gasteiger partial charge in [-0.15, -0.1) is 0 Å². The quantitative estimate of drug-likeness (QED) is 0.832. The lowest BCUT2D eigenvalue weighted by molar-refractivity contribution is 0.503. The first-order chi connectivity index (χ1) is 7.86. The highest BCUT2D eigenvalue weighted by molar-refractivity contribution is 7.89. The molecule has 96 valence electrons. The van der Waals surface area contributed by atoms with Crippen LogP contribution in [0.3, 0.4) is 0 Å². The molecule has 0 aliphatic heterocycles. The summed E-state index contributed by atoms with van der Waals surface area (Å²) >= 11 is 0. The normalized spacial score (nSPS) is 13.6. The van der Waals surface area contributed by atoms with E-state index in [1.165, 1.54) is 0 Å². The predicted molar refractivity (Wildman–Crippen MR) is 59.8 cm³/mol. The zero-order valence-electron chi connectivity index (χ0n) is 9.28. The number of rotatable bonds is 5. The fraction of sp³-hybridized carbons (Fsp3) is 0.400. The van der Waals surface area contributed by atoms with Gasteiger partial charge in [-0.05, 0) is 24.6 Å². The van der Waals surface area contributed by atoms with Crippen molar-refractivity contribution in [1.82, 2.24) is 4.72 Å². The van der Waals surface area contributed by atoms with Crippen molar-refractivity contribution in [3.63, 3.8) is 0 Å². The van der Waals surface area contributed by atoms with E-state index >= 15 is 0 Å². The van der Waals surface area contributed by atoms with Gasteiger partial charge in [0.2, 0.25) is 10.0 Å². The van der Waals surface area contributed by atoms with Crippen LogP contribution in [0.2, 0.25) is 0 Å². The van der Waals surface area contributed by atoms with Crippen LogP contribution in [0.15, 0.2) is 23.1 Å². The van der Waals surface area contributed by atoms with Crippen molar-refractivity contribution in [2.45, 2.75) is 24.3 Å². The molecule has 17 heavy (non-hydrogen) atoms. The Kier molecular flexibility index (Phi) is 4.55. The molecule has 0 heterocycles. The van der Waals surface area contributed by atoms with Gasteiger partial charge in [-0.1, -0.05) is 6.92 Å². The number of benzene rings is 1. The molecule has 1 rings (SSSR count). The first-order valence-corrected chi connectivity index (χ1v) is 6.55. The van der Waals surface area contributed by atoms with Gasteiger partial charge < -0.3 is 5.73 Å². The van der Waals surface area contributed by atoms with Crippen LogP contribution < -0.4 is 10.5 Å². The maximum absolute atomic E-state index is 12.9. The molecule has 1 atom stereocenters. The summed E-state index contributed by atoms with van der Waals surface area (Å²) in [7, 11) is -3.84. The first-order valence-electron chi connectivity index (χ1n) is 5.07. The van der Waals surface area contributed by atoms with E-state index < -0.39 is 21.7 Å². The van der Waals surface area contributed by atoms with Crippen LogP contribution in [0.25, 0.3) is 0 Å². The first kappa shape index (κ1) is 14.0. The molecule has 0 amide bonds. The Morgan fingerprint density at radius 1 is 1.35 bits per heavy atom. The van der Waals surface area contributed by atoms with E-state index in [0.717, 1.165) is 12.1 Å². The van der Waals surface area contributed by atoms with Gasteiger partial charge in [0.1, 0.15) is 0 Å². The predicted octanol–water partition coefficient (Wildman–Crippen LogP) is 0.980. The van der Waals surface area contributed by atoms with E-state index in [1.54, 1.807) is 0 Å². The summed E-state index contributed by atoms with van der Waals surface area (Å²) in [5.41, 5.74) is 5.55. The highest BCUT2D eigenvalue weighted by Gasteiger charge is 2.16. The number of halogens is 2. The van der Waals surface area contributed by atoms with Crippen LogP contribution in [0.1, 0.15) is 13.3 Å². The average Bonchev–Trinajstić information content (AvgIpc) is 2.29. The fourth-order valence-corrected chi connectivity index (χ4v) is 2.19. The number of hydrogen-bond donors (Lipinski definition) is 2. The van der Waals surface area contributed by atoms with Crippen molar-refractivity contribution >= 4 is 10.0 Å². The Morgan fingerprint density at radius 2 is 2.00 bits per heavy atom. The Bertz CT molecular complexity index is 491. The molecule has 0 saturated carbocycles. The standard InChI is InChI=1S/C10H14F2N2O2S/c1-2-7(13)6-14-17(15,16)8-3-4-9(11)10(12)5-8/h3-5,7,14H,2,6,13H2,1H3. The van der Waals surface area contributed by atoms with Crippen molar-refractivity contribution in [3.05, 3.63) is 29.8 Å². The molecule has 1 aromatic carbocycles. The molecule has 0 aliphatic carbocycles. The Labute approximate surface area is 98.9 Å². The molecule has 0 saturated heterocycles. The summed E-state index contributed by atoms with van der Waals surface area (Å²) in [6.45, 7) is 1.87. The third-order valence-corrected chi connectivity index (χ3v) is 3.68. The summed E-state index contributed by atoms with van der Waals surface area (Å²) in [6.07, 6.45) is 0.611. The van der Waals surface area contributed by atoms with Crippen molar-refractivity contribution in [3.8, 4) is 0 Å². The second-order valence-corrected chi connectivity index (χ2v) is 5.36. The molecule has 4 nitrogen and oxygen atoms in total. The number of nitrogens with one attached hydrogen (secondary N) is 1. The molecule has 0 spiro atoms. The van der Waals surface area contributed by atoms with E-state index in [1.807, 2.05) is 6.92 Å². The largest absolute Gasteiger partial charge is 0.327 e. The van der Waals surface area contributed by atoms with Crippen molar-refractivity contribution in [2.75, 3.05) is 6.54 Å². The lowest BCUT2D eigenvalue weighted by Crippen LogP contribution is -2.36. The third kappa shape index (κ3) is 3.72. The van der Waals surface area contributed by atoms with Gasteiger partial charge in [0, 0.05) is 12.6 Å². The molecule has 1 unspecified atom stereocenters. The van der Waals surface area contributed by atoms with Gasteiger partial charge >= 0.3 is 0 Å². The zero-order chi connectivity index (χ0) is 13.1. The smallest absolute Gasteiger partial charge is 0.240 e. The van der Waals surface area contributed by atoms with Gasteiger partial charge in [0.25, 0.3) is 0 Å². The molecule has 0 aromatic heterocycles. The lowest BCUT2D eigenvalue weighted by atomic mass is 10.2. The molecule has 0 radical (unpaired) electrons.